The van der Waals surface area contributed by atoms with Gasteiger partial charge in [0.25, 0.3) is 0 Å². The third kappa shape index (κ3) is 2.58. The van der Waals surface area contributed by atoms with Crippen molar-refractivity contribution in [3.63, 3.8) is 0 Å². The van der Waals surface area contributed by atoms with Crippen LogP contribution in [-0.4, -0.2) is 43.0 Å². The number of carbonyl (C=O) groups is 1. The first kappa shape index (κ1) is 12.8. The van der Waals surface area contributed by atoms with Crippen molar-refractivity contribution in [2.24, 2.45) is 0 Å². The molecule has 0 radical (unpaired) electrons. The van der Waals surface area contributed by atoms with E-state index in [1.807, 2.05) is 37.3 Å². The number of hydrogen-bond acceptors (Lipinski definition) is 3. The number of nitrogens with zero attached hydrogens (tertiary/aromatic N) is 1. The van der Waals surface area contributed by atoms with E-state index in [-0.39, 0.29) is 0 Å². The number of fused-ring (bicyclic) bond motifs is 2. The zero-order valence-corrected chi connectivity index (χ0v) is 11.4. The predicted octanol–water partition coefficient (Wildman–Crippen LogP) is 2.01. The minimum absolute atomic E-state index is 0.380. The fraction of sp³-hybridized carbons (Fsp3) is 0.562. The summed E-state index contributed by atoms with van der Waals surface area (Å²) in [5.74, 6) is 0. The second kappa shape index (κ2) is 5.06. The Morgan fingerprint density at radius 1 is 1.26 bits per heavy atom. The third-order valence-electron chi connectivity index (χ3n) is 4.36. The average molecular weight is 259 g/mol. The standard InChI is InChI=1S/C16H21NO2/c1-16(12-18,13-5-3-2-4-6-13)11-17-9-14-7-8-15(10-17)19-14/h2-6,12,14-15H,7-11H2,1H3. The van der Waals surface area contributed by atoms with Gasteiger partial charge in [0, 0.05) is 19.6 Å². The number of morpholine rings is 1. The topological polar surface area (TPSA) is 29.5 Å². The lowest BCUT2D eigenvalue weighted by atomic mass is 9.83. The van der Waals surface area contributed by atoms with Crippen LogP contribution in [0.15, 0.2) is 30.3 Å². The van der Waals surface area contributed by atoms with Crippen LogP contribution in [0.25, 0.3) is 0 Å². The summed E-state index contributed by atoms with van der Waals surface area (Å²) in [6.07, 6.45) is 4.20. The third-order valence-corrected chi connectivity index (χ3v) is 4.36. The second-order valence-corrected chi connectivity index (χ2v) is 6.05. The van der Waals surface area contributed by atoms with Gasteiger partial charge >= 0.3 is 0 Å². The molecule has 2 fully saturated rings. The quantitative estimate of drug-likeness (QED) is 0.775. The van der Waals surface area contributed by atoms with Gasteiger partial charge in [0.15, 0.2) is 0 Å². The number of rotatable bonds is 4. The Bertz CT molecular complexity index is 435. The van der Waals surface area contributed by atoms with Gasteiger partial charge in [-0.25, -0.2) is 0 Å². The molecule has 2 aliphatic rings. The minimum atomic E-state index is -0.419. The highest BCUT2D eigenvalue weighted by Crippen LogP contribution is 2.29. The molecule has 102 valence electrons. The van der Waals surface area contributed by atoms with E-state index in [4.69, 9.17) is 4.74 Å². The molecule has 2 aliphatic heterocycles. The largest absolute Gasteiger partial charge is 0.372 e. The second-order valence-electron chi connectivity index (χ2n) is 6.05. The van der Waals surface area contributed by atoms with Crippen LogP contribution in [-0.2, 0) is 14.9 Å². The smallest absolute Gasteiger partial charge is 0.131 e. The van der Waals surface area contributed by atoms with Gasteiger partial charge in [-0.3, -0.25) is 4.90 Å². The molecule has 0 aliphatic carbocycles. The summed E-state index contributed by atoms with van der Waals surface area (Å²) in [6, 6.07) is 10.1. The summed E-state index contributed by atoms with van der Waals surface area (Å²) in [5, 5.41) is 0. The molecular weight excluding hydrogens is 238 g/mol. The number of hydrogen-bond donors (Lipinski definition) is 0. The van der Waals surface area contributed by atoms with Crippen LogP contribution >= 0.6 is 0 Å². The summed E-state index contributed by atoms with van der Waals surface area (Å²) < 4.78 is 5.85. The number of aldehydes is 1. The summed E-state index contributed by atoms with van der Waals surface area (Å²) in [4.78, 5) is 14.0. The summed E-state index contributed by atoms with van der Waals surface area (Å²) in [5.41, 5.74) is 0.682. The van der Waals surface area contributed by atoms with E-state index in [0.29, 0.717) is 12.2 Å². The Labute approximate surface area is 114 Å². The molecule has 1 aromatic carbocycles. The van der Waals surface area contributed by atoms with Crippen molar-refractivity contribution in [2.45, 2.75) is 37.4 Å². The first-order valence-corrected chi connectivity index (χ1v) is 7.09. The van der Waals surface area contributed by atoms with Crippen LogP contribution in [0.5, 0.6) is 0 Å². The molecule has 3 rings (SSSR count). The molecule has 2 bridgehead atoms. The van der Waals surface area contributed by atoms with Gasteiger partial charge < -0.3 is 9.53 Å². The summed E-state index contributed by atoms with van der Waals surface area (Å²) in [6.45, 7) is 4.75. The molecule has 3 atom stereocenters. The lowest BCUT2D eigenvalue weighted by Gasteiger charge is -2.37. The first-order chi connectivity index (χ1) is 9.19. The SMILES string of the molecule is CC(C=O)(CN1CC2CCC(C1)O2)c1ccccc1. The average Bonchev–Trinajstić information content (AvgIpc) is 2.79. The summed E-state index contributed by atoms with van der Waals surface area (Å²) >= 11 is 0. The maximum Gasteiger partial charge on any atom is 0.131 e. The molecule has 0 spiro atoms. The van der Waals surface area contributed by atoms with E-state index in [1.54, 1.807) is 0 Å². The van der Waals surface area contributed by atoms with Gasteiger partial charge in [-0.05, 0) is 25.3 Å². The predicted molar refractivity (Wildman–Crippen MR) is 74.2 cm³/mol. The minimum Gasteiger partial charge on any atom is -0.372 e. The number of likely N-dealkylation sites (tertiary alicyclic amines) is 1. The highest BCUT2D eigenvalue weighted by molar-refractivity contribution is 5.68. The Morgan fingerprint density at radius 2 is 1.89 bits per heavy atom. The Morgan fingerprint density at radius 3 is 2.47 bits per heavy atom. The van der Waals surface area contributed by atoms with E-state index in [1.165, 1.54) is 12.8 Å². The molecule has 3 unspecified atom stereocenters. The highest BCUT2D eigenvalue weighted by Gasteiger charge is 2.37. The highest BCUT2D eigenvalue weighted by atomic mass is 16.5. The molecule has 2 heterocycles. The first-order valence-electron chi connectivity index (χ1n) is 7.09. The molecule has 3 heteroatoms. The molecule has 0 amide bonds. The maximum absolute atomic E-state index is 11.6. The fourth-order valence-corrected chi connectivity index (χ4v) is 3.31. The Kier molecular flexibility index (Phi) is 3.42. The van der Waals surface area contributed by atoms with E-state index in [9.17, 15) is 4.79 Å². The van der Waals surface area contributed by atoms with E-state index >= 15 is 0 Å². The van der Waals surface area contributed by atoms with Crippen LogP contribution in [0.1, 0.15) is 25.3 Å². The normalized spacial score (nSPS) is 29.9. The van der Waals surface area contributed by atoms with Gasteiger partial charge in [-0.1, -0.05) is 30.3 Å². The molecule has 0 saturated carbocycles. The maximum atomic E-state index is 11.6. The van der Waals surface area contributed by atoms with Gasteiger partial charge in [-0.15, -0.1) is 0 Å². The van der Waals surface area contributed by atoms with Crippen molar-refractivity contribution >= 4 is 6.29 Å². The van der Waals surface area contributed by atoms with Gasteiger partial charge in [0.05, 0.1) is 17.6 Å². The van der Waals surface area contributed by atoms with Gasteiger partial charge in [-0.2, -0.15) is 0 Å². The van der Waals surface area contributed by atoms with Gasteiger partial charge in [0.1, 0.15) is 6.29 Å². The van der Waals surface area contributed by atoms with E-state index in [2.05, 4.69) is 4.90 Å². The summed E-state index contributed by atoms with van der Waals surface area (Å²) in [7, 11) is 0. The van der Waals surface area contributed by atoms with Crippen molar-refractivity contribution in [1.29, 1.82) is 0 Å². The lowest BCUT2D eigenvalue weighted by Crippen LogP contribution is -2.48. The zero-order chi connectivity index (χ0) is 13.3. The van der Waals surface area contributed by atoms with E-state index < -0.39 is 5.41 Å². The monoisotopic (exact) mass is 259 g/mol. The van der Waals surface area contributed by atoms with Crippen LogP contribution < -0.4 is 0 Å². The van der Waals surface area contributed by atoms with Crippen molar-refractivity contribution < 1.29 is 9.53 Å². The fourth-order valence-electron chi connectivity index (χ4n) is 3.31. The van der Waals surface area contributed by atoms with E-state index in [0.717, 1.165) is 31.5 Å². The number of benzene rings is 1. The van der Waals surface area contributed by atoms with Crippen LogP contribution in [0, 0.1) is 0 Å². The van der Waals surface area contributed by atoms with Crippen LogP contribution in [0.4, 0.5) is 0 Å². The van der Waals surface area contributed by atoms with Crippen molar-refractivity contribution in [2.75, 3.05) is 19.6 Å². The van der Waals surface area contributed by atoms with Crippen molar-refractivity contribution in [3.05, 3.63) is 35.9 Å². The molecule has 0 aromatic heterocycles. The van der Waals surface area contributed by atoms with Crippen molar-refractivity contribution in [1.82, 2.24) is 4.90 Å². The van der Waals surface area contributed by atoms with Crippen molar-refractivity contribution in [3.8, 4) is 0 Å². The van der Waals surface area contributed by atoms with Crippen LogP contribution in [0.2, 0.25) is 0 Å². The lowest BCUT2D eigenvalue weighted by molar-refractivity contribution is -0.114. The molecular formula is C16H21NO2. The molecule has 3 nitrogen and oxygen atoms in total. The number of carbonyl (C=O) groups excluding carboxylic acids is 1. The molecule has 1 aromatic rings. The molecule has 2 saturated heterocycles. The van der Waals surface area contributed by atoms with Crippen LogP contribution in [0.3, 0.4) is 0 Å². The number of ether oxygens (including phenoxy) is 1. The molecule has 0 N–H and O–H groups in total. The Hall–Kier alpha value is -1.19. The Balaban J connectivity index is 1.74. The zero-order valence-electron chi connectivity index (χ0n) is 11.4. The molecule has 19 heavy (non-hydrogen) atoms. The van der Waals surface area contributed by atoms with Gasteiger partial charge in [0.2, 0.25) is 0 Å².